The molecule has 0 saturated carbocycles. The van der Waals surface area contributed by atoms with Gasteiger partial charge in [0, 0.05) is 43.1 Å². The Bertz CT molecular complexity index is 705. The van der Waals surface area contributed by atoms with Crippen LogP contribution in [0.1, 0.15) is 29.9 Å². The fourth-order valence-corrected chi connectivity index (χ4v) is 3.32. The summed E-state index contributed by atoms with van der Waals surface area (Å²) in [5.74, 6) is 0.480. The van der Waals surface area contributed by atoms with Crippen molar-refractivity contribution in [2.45, 2.75) is 32.4 Å². The summed E-state index contributed by atoms with van der Waals surface area (Å²) in [5, 5.41) is 8.73. The standard InChI is InChI=1S/C19H26FN3OS.HI/c1-19(2,17-6-5-9-25-17)13-23-18(21-3)22-11-14-7-8-16(20)15(10-14)12-24-4;/h5-10H,11-13H2,1-4H3,(H2,21,22,23);1H. The SMILES string of the molecule is CN=C(NCc1ccc(F)c(COC)c1)NCC(C)(C)c1cccs1.I. The summed E-state index contributed by atoms with van der Waals surface area (Å²) in [6, 6.07) is 9.28. The monoisotopic (exact) mass is 491 g/mol. The Labute approximate surface area is 176 Å². The van der Waals surface area contributed by atoms with Crippen molar-refractivity contribution in [2.75, 3.05) is 20.7 Å². The quantitative estimate of drug-likeness (QED) is 0.345. The van der Waals surface area contributed by atoms with Gasteiger partial charge >= 0.3 is 0 Å². The highest BCUT2D eigenvalue weighted by molar-refractivity contribution is 14.0. The van der Waals surface area contributed by atoms with Gasteiger partial charge in [-0.1, -0.05) is 26.0 Å². The molecule has 0 unspecified atom stereocenters. The van der Waals surface area contributed by atoms with E-state index in [1.807, 2.05) is 6.07 Å². The van der Waals surface area contributed by atoms with Crippen molar-refractivity contribution in [3.05, 3.63) is 57.5 Å². The van der Waals surface area contributed by atoms with E-state index in [0.29, 0.717) is 12.1 Å². The molecule has 0 amide bonds. The number of nitrogens with zero attached hydrogens (tertiary/aromatic N) is 1. The summed E-state index contributed by atoms with van der Waals surface area (Å²) in [6.45, 7) is 6.01. The van der Waals surface area contributed by atoms with E-state index < -0.39 is 0 Å². The predicted octanol–water partition coefficient (Wildman–Crippen LogP) is 4.29. The van der Waals surface area contributed by atoms with Crippen molar-refractivity contribution >= 4 is 41.3 Å². The average molecular weight is 491 g/mol. The maximum atomic E-state index is 13.7. The minimum Gasteiger partial charge on any atom is -0.380 e. The second-order valence-electron chi connectivity index (χ2n) is 6.50. The Balaban J connectivity index is 0.00000338. The van der Waals surface area contributed by atoms with Crippen LogP contribution in [-0.2, 0) is 23.3 Å². The molecule has 0 radical (unpaired) electrons. The van der Waals surface area contributed by atoms with Crippen LogP contribution in [0.2, 0.25) is 0 Å². The van der Waals surface area contributed by atoms with E-state index in [9.17, 15) is 4.39 Å². The molecule has 4 nitrogen and oxygen atoms in total. The topological polar surface area (TPSA) is 45.7 Å². The molecule has 2 N–H and O–H groups in total. The van der Waals surface area contributed by atoms with Crippen LogP contribution in [0.25, 0.3) is 0 Å². The molecule has 1 aromatic heterocycles. The van der Waals surface area contributed by atoms with Crippen LogP contribution in [0.4, 0.5) is 4.39 Å². The third kappa shape index (κ3) is 6.51. The van der Waals surface area contributed by atoms with E-state index in [0.717, 1.165) is 18.1 Å². The first-order chi connectivity index (χ1) is 12.0. The fourth-order valence-electron chi connectivity index (χ4n) is 2.47. The average Bonchev–Trinajstić information content (AvgIpc) is 3.13. The van der Waals surface area contributed by atoms with Crippen molar-refractivity contribution < 1.29 is 9.13 Å². The van der Waals surface area contributed by atoms with Crippen molar-refractivity contribution in [1.29, 1.82) is 0 Å². The van der Waals surface area contributed by atoms with Gasteiger partial charge in [-0.3, -0.25) is 4.99 Å². The lowest BCUT2D eigenvalue weighted by Crippen LogP contribution is -2.42. The first kappa shape index (κ1) is 22.9. The van der Waals surface area contributed by atoms with Gasteiger partial charge in [0.15, 0.2) is 5.96 Å². The summed E-state index contributed by atoms with van der Waals surface area (Å²) < 4.78 is 18.7. The van der Waals surface area contributed by atoms with Gasteiger partial charge in [0.1, 0.15) is 5.82 Å². The first-order valence-electron chi connectivity index (χ1n) is 8.21. The molecule has 144 valence electrons. The van der Waals surface area contributed by atoms with Gasteiger partial charge < -0.3 is 15.4 Å². The Morgan fingerprint density at radius 1 is 1.27 bits per heavy atom. The highest BCUT2D eigenvalue weighted by Gasteiger charge is 2.21. The summed E-state index contributed by atoms with van der Waals surface area (Å²) in [6.07, 6.45) is 0. The maximum absolute atomic E-state index is 13.7. The van der Waals surface area contributed by atoms with Gasteiger partial charge in [0.2, 0.25) is 0 Å². The lowest BCUT2D eigenvalue weighted by molar-refractivity contribution is 0.181. The molecule has 7 heteroatoms. The number of hydrogen-bond donors (Lipinski definition) is 2. The Kier molecular flexibility index (Phi) is 9.52. The predicted molar refractivity (Wildman–Crippen MR) is 118 cm³/mol. The fraction of sp³-hybridized carbons (Fsp3) is 0.421. The number of halogens is 2. The molecule has 26 heavy (non-hydrogen) atoms. The number of methoxy groups -OCH3 is 1. The van der Waals surface area contributed by atoms with Gasteiger partial charge in [0.05, 0.1) is 6.61 Å². The zero-order valence-corrected chi connectivity index (χ0v) is 18.8. The molecule has 2 aromatic rings. The van der Waals surface area contributed by atoms with E-state index >= 15 is 0 Å². The van der Waals surface area contributed by atoms with E-state index in [-0.39, 0.29) is 41.8 Å². The number of ether oxygens (including phenoxy) is 1. The van der Waals surface area contributed by atoms with Gasteiger partial charge in [0.25, 0.3) is 0 Å². The van der Waals surface area contributed by atoms with Crippen molar-refractivity contribution in [2.24, 2.45) is 4.99 Å². The molecule has 0 bridgehead atoms. The molecule has 0 atom stereocenters. The molecule has 0 saturated heterocycles. The third-order valence-electron chi connectivity index (χ3n) is 3.98. The lowest BCUT2D eigenvalue weighted by Gasteiger charge is -2.25. The molecule has 0 spiro atoms. The summed E-state index contributed by atoms with van der Waals surface area (Å²) in [7, 11) is 3.31. The second kappa shape index (κ2) is 10.8. The highest BCUT2D eigenvalue weighted by atomic mass is 127. The molecule has 2 rings (SSSR count). The van der Waals surface area contributed by atoms with Gasteiger partial charge in [-0.15, -0.1) is 35.3 Å². The maximum Gasteiger partial charge on any atom is 0.191 e. The molecular weight excluding hydrogens is 464 g/mol. The number of benzene rings is 1. The highest BCUT2D eigenvalue weighted by Crippen LogP contribution is 2.26. The van der Waals surface area contributed by atoms with Crippen LogP contribution < -0.4 is 10.6 Å². The van der Waals surface area contributed by atoms with Gasteiger partial charge in [-0.05, 0) is 29.1 Å². The molecule has 0 aliphatic rings. The number of guanidine groups is 1. The minimum atomic E-state index is -0.245. The lowest BCUT2D eigenvalue weighted by atomic mass is 9.91. The summed E-state index contributed by atoms with van der Waals surface area (Å²) >= 11 is 1.76. The number of rotatable bonds is 7. The third-order valence-corrected chi connectivity index (χ3v) is 5.22. The molecular formula is C19H27FIN3OS. The van der Waals surface area contributed by atoms with Crippen molar-refractivity contribution in [1.82, 2.24) is 10.6 Å². The molecule has 0 aliphatic heterocycles. The van der Waals surface area contributed by atoms with Crippen molar-refractivity contribution in [3.63, 3.8) is 0 Å². The Morgan fingerprint density at radius 2 is 2.04 bits per heavy atom. The second-order valence-corrected chi connectivity index (χ2v) is 7.45. The van der Waals surface area contributed by atoms with E-state index in [4.69, 9.17) is 4.74 Å². The number of thiophene rings is 1. The van der Waals surface area contributed by atoms with E-state index in [1.165, 1.54) is 10.9 Å². The molecule has 1 heterocycles. The summed E-state index contributed by atoms with van der Waals surface area (Å²) in [4.78, 5) is 5.59. The smallest absolute Gasteiger partial charge is 0.191 e. The van der Waals surface area contributed by atoms with Gasteiger partial charge in [-0.2, -0.15) is 0 Å². The zero-order chi connectivity index (χ0) is 18.3. The van der Waals surface area contributed by atoms with Crippen LogP contribution in [0.3, 0.4) is 0 Å². The van der Waals surface area contributed by atoms with E-state index in [2.05, 4.69) is 47.0 Å². The van der Waals surface area contributed by atoms with E-state index in [1.54, 1.807) is 31.6 Å². The Morgan fingerprint density at radius 3 is 2.65 bits per heavy atom. The molecule has 1 aromatic carbocycles. The first-order valence-corrected chi connectivity index (χ1v) is 9.09. The van der Waals surface area contributed by atoms with Crippen LogP contribution in [-0.4, -0.2) is 26.7 Å². The van der Waals surface area contributed by atoms with Crippen LogP contribution in [0.5, 0.6) is 0 Å². The Hall–Kier alpha value is -1.19. The van der Waals surface area contributed by atoms with Crippen LogP contribution in [0, 0.1) is 5.82 Å². The molecule has 0 fully saturated rings. The molecule has 0 aliphatic carbocycles. The zero-order valence-electron chi connectivity index (χ0n) is 15.6. The number of hydrogen-bond acceptors (Lipinski definition) is 3. The largest absolute Gasteiger partial charge is 0.380 e. The van der Waals surface area contributed by atoms with Gasteiger partial charge in [-0.25, -0.2) is 4.39 Å². The number of nitrogens with one attached hydrogen (secondary N) is 2. The normalized spacial score (nSPS) is 11.8. The summed E-state index contributed by atoms with van der Waals surface area (Å²) in [5.41, 5.74) is 1.56. The van der Waals surface area contributed by atoms with Crippen LogP contribution in [0.15, 0.2) is 40.7 Å². The number of aliphatic imine (C=N–C) groups is 1. The van der Waals surface area contributed by atoms with Crippen LogP contribution >= 0.6 is 35.3 Å². The minimum absolute atomic E-state index is 0. The van der Waals surface area contributed by atoms with Crippen molar-refractivity contribution in [3.8, 4) is 0 Å².